The van der Waals surface area contributed by atoms with Crippen molar-refractivity contribution in [1.29, 1.82) is 0 Å². The molecule has 0 spiro atoms. The Balaban J connectivity index is 1.42. The molecule has 0 aliphatic carbocycles. The number of imidazole rings is 1. The molecule has 1 aliphatic heterocycles. The molecule has 0 atom stereocenters. The minimum Gasteiger partial charge on any atom is -0.459 e. The number of furan rings is 1. The van der Waals surface area contributed by atoms with E-state index in [0.717, 1.165) is 24.2 Å². The lowest BCUT2D eigenvalue weighted by molar-refractivity contribution is 0.0603. The van der Waals surface area contributed by atoms with Gasteiger partial charge in [0.25, 0.3) is 11.5 Å². The van der Waals surface area contributed by atoms with Crippen molar-refractivity contribution in [3.8, 4) is 0 Å². The summed E-state index contributed by atoms with van der Waals surface area (Å²) < 4.78 is 9.45. The van der Waals surface area contributed by atoms with Gasteiger partial charge in [-0.3, -0.25) is 23.6 Å². The van der Waals surface area contributed by atoms with Crippen LogP contribution in [-0.4, -0.2) is 67.1 Å². The largest absolute Gasteiger partial charge is 0.459 e. The lowest BCUT2D eigenvalue weighted by Gasteiger charge is -2.34. The summed E-state index contributed by atoms with van der Waals surface area (Å²) in [5.41, 5.74) is 0.0859. The number of nitrogens with zero attached hydrogens (tertiary/aromatic N) is 6. The first-order valence-corrected chi connectivity index (χ1v) is 9.13. The molecular formula is C18H22N6O4. The highest BCUT2D eigenvalue weighted by Crippen LogP contribution is 2.10. The van der Waals surface area contributed by atoms with Gasteiger partial charge in [-0.05, 0) is 12.1 Å². The van der Waals surface area contributed by atoms with Gasteiger partial charge in [-0.25, -0.2) is 9.78 Å². The predicted octanol–water partition coefficient (Wildman–Crippen LogP) is -0.515. The number of carbonyl (C=O) groups is 1. The summed E-state index contributed by atoms with van der Waals surface area (Å²) in [4.78, 5) is 45.1. The Morgan fingerprint density at radius 1 is 1.11 bits per heavy atom. The smallest absolute Gasteiger partial charge is 0.332 e. The quantitative estimate of drug-likeness (QED) is 0.599. The van der Waals surface area contributed by atoms with Crippen LogP contribution < -0.4 is 11.2 Å². The second-order valence-electron chi connectivity index (χ2n) is 6.93. The summed E-state index contributed by atoms with van der Waals surface area (Å²) in [6.07, 6.45) is 3.10. The molecule has 10 nitrogen and oxygen atoms in total. The van der Waals surface area contributed by atoms with Crippen LogP contribution >= 0.6 is 0 Å². The number of fused-ring (bicyclic) bond motifs is 1. The van der Waals surface area contributed by atoms with Gasteiger partial charge >= 0.3 is 5.69 Å². The summed E-state index contributed by atoms with van der Waals surface area (Å²) in [6.45, 7) is 4.04. The average molecular weight is 386 g/mol. The molecule has 10 heteroatoms. The first-order chi connectivity index (χ1) is 13.5. The highest BCUT2D eigenvalue weighted by atomic mass is 16.3. The molecular weight excluding hydrogens is 364 g/mol. The van der Waals surface area contributed by atoms with Gasteiger partial charge < -0.3 is 13.9 Å². The van der Waals surface area contributed by atoms with Gasteiger partial charge in [0.15, 0.2) is 16.9 Å². The Hall–Kier alpha value is -3.14. The second kappa shape index (κ2) is 7.12. The van der Waals surface area contributed by atoms with Crippen molar-refractivity contribution in [1.82, 2.24) is 28.5 Å². The average Bonchev–Trinajstić information content (AvgIpc) is 3.39. The number of rotatable bonds is 4. The van der Waals surface area contributed by atoms with Crippen molar-refractivity contribution in [3.05, 3.63) is 51.3 Å². The van der Waals surface area contributed by atoms with Gasteiger partial charge in [-0.15, -0.1) is 0 Å². The fourth-order valence-electron chi connectivity index (χ4n) is 3.55. The lowest BCUT2D eigenvalue weighted by Crippen LogP contribution is -2.49. The van der Waals surface area contributed by atoms with E-state index >= 15 is 0 Å². The molecule has 4 heterocycles. The lowest BCUT2D eigenvalue weighted by atomic mass is 10.3. The molecule has 0 bridgehead atoms. The van der Waals surface area contributed by atoms with E-state index < -0.39 is 0 Å². The molecule has 1 saturated heterocycles. The minimum absolute atomic E-state index is 0.0883. The third-order valence-corrected chi connectivity index (χ3v) is 5.27. The maximum absolute atomic E-state index is 12.5. The van der Waals surface area contributed by atoms with Crippen molar-refractivity contribution in [2.24, 2.45) is 14.1 Å². The molecule has 0 radical (unpaired) electrons. The molecule has 0 unspecified atom stereocenters. The van der Waals surface area contributed by atoms with Gasteiger partial charge in [-0.2, -0.15) is 0 Å². The van der Waals surface area contributed by atoms with E-state index in [4.69, 9.17) is 4.42 Å². The van der Waals surface area contributed by atoms with Crippen LogP contribution in [0, 0.1) is 0 Å². The molecule has 0 N–H and O–H groups in total. The second-order valence-corrected chi connectivity index (χ2v) is 6.93. The van der Waals surface area contributed by atoms with E-state index in [-0.39, 0.29) is 17.2 Å². The number of amides is 1. The number of piperazine rings is 1. The molecule has 1 fully saturated rings. The molecule has 0 aromatic carbocycles. The van der Waals surface area contributed by atoms with E-state index in [1.165, 1.54) is 17.9 Å². The Morgan fingerprint density at radius 2 is 1.86 bits per heavy atom. The standard InChI is InChI=1S/C18H22N6O4/c1-20-15-14(17(26)21(2)18(20)27)24(12-19-15)10-7-22-5-8-23(9-6-22)16(25)13-4-3-11-28-13/h3-4,11-12H,5-10H2,1-2H3. The number of hydrogen-bond donors (Lipinski definition) is 0. The first-order valence-electron chi connectivity index (χ1n) is 9.13. The van der Waals surface area contributed by atoms with E-state index in [1.54, 1.807) is 35.0 Å². The maximum atomic E-state index is 12.5. The van der Waals surface area contributed by atoms with Crippen molar-refractivity contribution in [2.45, 2.75) is 6.54 Å². The summed E-state index contributed by atoms with van der Waals surface area (Å²) >= 11 is 0. The topological polar surface area (TPSA) is 98.5 Å². The van der Waals surface area contributed by atoms with Crippen LogP contribution in [0.2, 0.25) is 0 Å². The number of aryl methyl sites for hydroxylation is 1. The Morgan fingerprint density at radius 3 is 2.54 bits per heavy atom. The monoisotopic (exact) mass is 386 g/mol. The van der Waals surface area contributed by atoms with E-state index in [2.05, 4.69) is 9.88 Å². The Labute approximate surface area is 160 Å². The van der Waals surface area contributed by atoms with Crippen molar-refractivity contribution >= 4 is 17.1 Å². The van der Waals surface area contributed by atoms with Crippen LogP contribution in [0.5, 0.6) is 0 Å². The fourth-order valence-corrected chi connectivity index (χ4v) is 3.55. The van der Waals surface area contributed by atoms with Gasteiger partial charge in [0.05, 0.1) is 12.6 Å². The van der Waals surface area contributed by atoms with Crippen LogP contribution in [0.1, 0.15) is 10.6 Å². The SMILES string of the molecule is Cn1c(=O)c2c(ncn2CCN2CCN(C(=O)c3ccco3)CC2)n(C)c1=O. The fraction of sp³-hybridized carbons (Fsp3) is 0.444. The van der Waals surface area contributed by atoms with E-state index in [0.29, 0.717) is 36.6 Å². The zero-order valence-corrected chi connectivity index (χ0v) is 15.9. The molecule has 1 aliphatic rings. The third-order valence-electron chi connectivity index (χ3n) is 5.27. The van der Waals surface area contributed by atoms with Gasteiger partial charge in [-0.1, -0.05) is 0 Å². The number of aromatic nitrogens is 4. The highest BCUT2D eigenvalue weighted by Gasteiger charge is 2.23. The highest BCUT2D eigenvalue weighted by molar-refractivity contribution is 5.91. The van der Waals surface area contributed by atoms with E-state index in [1.807, 2.05) is 0 Å². The normalized spacial score (nSPS) is 15.4. The summed E-state index contributed by atoms with van der Waals surface area (Å²) in [6, 6.07) is 3.38. The van der Waals surface area contributed by atoms with Crippen LogP contribution in [0.3, 0.4) is 0 Å². The summed E-state index contributed by atoms with van der Waals surface area (Å²) in [7, 11) is 3.08. The third kappa shape index (κ3) is 3.05. The van der Waals surface area contributed by atoms with Crippen molar-refractivity contribution < 1.29 is 9.21 Å². The van der Waals surface area contributed by atoms with Crippen molar-refractivity contribution in [3.63, 3.8) is 0 Å². The summed E-state index contributed by atoms with van der Waals surface area (Å²) in [5, 5.41) is 0. The predicted molar refractivity (Wildman–Crippen MR) is 101 cm³/mol. The molecule has 28 heavy (non-hydrogen) atoms. The zero-order valence-electron chi connectivity index (χ0n) is 15.9. The number of hydrogen-bond acceptors (Lipinski definition) is 6. The van der Waals surface area contributed by atoms with Gasteiger partial charge in [0, 0.05) is 53.4 Å². The molecule has 3 aromatic rings. The van der Waals surface area contributed by atoms with Gasteiger partial charge in [0.1, 0.15) is 0 Å². The Bertz CT molecular complexity index is 1120. The van der Waals surface area contributed by atoms with Crippen LogP contribution in [0.15, 0.2) is 38.7 Å². The first kappa shape index (κ1) is 18.2. The van der Waals surface area contributed by atoms with E-state index in [9.17, 15) is 14.4 Å². The minimum atomic E-state index is -0.389. The Kier molecular flexibility index (Phi) is 4.63. The van der Waals surface area contributed by atoms with Gasteiger partial charge in [0.2, 0.25) is 0 Å². The zero-order chi connectivity index (χ0) is 19.8. The molecule has 4 rings (SSSR count). The molecule has 148 valence electrons. The summed E-state index contributed by atoms with van der Waals surface area (Å²) in [5.74, 6) is 0.273. The van der Waals surface area contributed by atoms with Crippen LogP contribution in [-0.2, 0) is 20.6 Å². The molecule has 0 saturated carbocycles. The maximum Gasteiger partial charge on any atom is 0.332 e. The number of carbonyl (C=O) groups excluding carboxylic acids is 1. The molecule has 3 aromatic heterocycles. The van der Waals surface area contributed by atoms with Crippen molar-refractivity contribution in [2.75, 3.05) is 32.7 Å². The molecule has 1 amide bonds. The van der Waals surface area contributed by atoms with Crippen LogP contribution in [0.4, 0.5) is 0 Å². The van der Waals surface area contributed by atoms with Crippen LogP contribution in [0.25, 0.3) is 11.2 Å².